The summed E-state index contributed by atoms with van der Waals surface area (Å²) < 4.78 is 5.64. The average molecular weight is 263 g/mol. The van der Waals surface area contributed by atoms with Gasteiger partial charge >= 0.3 is 0 Å². The minimum Gasteiger partial charge on any atom is -0.376 e. The average Bonchev–Trinajstić information content (AvgIpc) is 3.13. The van der Waals surface area contributed by atoms with Crippen molar-refractivity contribution in [1.29, 1.82) is 0 Å². The Kier molecular flexibility index (Phi) is 4.66. The predicted octanol–water partition coefficient (Wildman–Crippen LogP) is 1.78. The van der Waals surface area contributed by atoms with Crippen molar-refractivity contribution < 1.29 is 4.74 Å². The number of nitrogens with two attached hydrogens (primary N) is 1. The van der Waals surface area contributed by atoms with Gasteiger partial charge in [0.25, 0.3) is 0 Å². The summed E-state index contributed by atoms with van der Waals surface area (Å²) in [6.07, 6.45) is 4.32. The first kappa shape index (κ1) is 13.0. The highest BCUT2D eigenvalue weighted by atomic mass is 32.1. The van der Waals surface area contributed by atoms with Gasteiger partial charge < -0.3 is 10.5 Å². The minimum atomic E-state index is 0.162. The van der Waals surface area contributed by atoms with Crippen LogP contribution in [-0.4, -0.2) is 17.9 Å². The molecule has 2 rings (SSSR count). The van der Waals surface area contributed by atoms with Crippen LogP contribution in [0.3, 0.4) is 0 Å². The van der Waals surface area contributed by atoms with Gasteiger partial charge in [0.05, 0.1) is 12.8 Å². The highest BCUT2D eigenvalue weighted by Crippen LogP contribution is 2.29. The monoisotopic (exact) mass is 263 g/mol. The Morgan fingerprint density at radius 3 is 3.11 bits per heavy atom. The molecule has 1 aromatic carbocycles. The van der Waals surface area contributed by atoms with Crippen molar-refractivity contribution in [3.63, 3.8) is 0 Å². The van der Waals surface area contributed by atoms with E-state index in [4.69, 9.17) is 10.5 Å². The molecule has 1 fully saturated rings. The van der Waals surface area contributed by atoms with Crippen LogP contribution >= 0.6 is 12.2 Å². The maximum absolute atomic E-state index is 5.64. The van der Waals surface area contributed by atoms with E-state index in [0.29, 0.717) is 6.61 Å². The number of hydrazone groups is 1. The van der Waals surface area contributed by atoms with Crippen LogP contribution in [0.1, 0.15) is 24.0 Å². The van der Waals surface area contributed by atoms with E-state index in [1.54, 1.807) is 6.21 Å². The first-order chi connectivity index (χ1) is 8.74. The normalized spacial score (nSPS) is 14.9. The molecule has 0 aliphatic heterocycles. The number of hydrogen-bond acceptors (Lipinski definition) is 3. The highest BCUT2D eigenvalue weighted by Gasteiger charge is 2.20. The molecule has 0 heterocycles. The molecule has 0 bridgehead atoms. The molecule has 96 valence electrons. The van der Waals surface area contributed by atoms with Crippen molar-refractivity contribution >= 4 is 23.5 Å². The second-order valence-electron chi connectivity index (χ2n) is 4.44. The van der Waals surface area contributed by atoms with Crippen molar-refractivity contribution in [3.8, 4) is 0 Å². The number of nitrogens with zero attached hydrogens (tertiary/aromatic N) is 1. The van der Waals surface area contributed by atoms with E-state index in [9.17, 15) is 0 Å². The summed E-state index contributed by atoms with van der Waals surface area (Å²) >= 11 is 4.66. The number of thiocarbonyl (C=S) groups is 1. The fourth-order valence-corrected chi connectivity index (χ4v) is 1.61. The zero-order chi connectivity index (χ0) is 12.8. The van der Waals surface area contributed by atoms with Crippen molar-refractivity contribution in [3.05, 3.63) is 35.4 Å². The molecule has 3 N–H and O–H groups in total. The van der Waals surface area contributed by atoms with Gasteiger partial charge in [0.1, 0.15) is 0 Å². The van der Waals surface area contributed by atoms with E-state index < -0.39 is 0 Å². The van der Waals surface area contributed by atoms with Crippen molar-refractivity contribution in [2.45, 2.75) is 19.4 Å². The second kappa shape index (κ2) is 6.47. The Bertz CT molecular complexity index is 444. The summed E-state index contributed by atoms with van der Waals surface area (Å²) in [7, 11) is 0. The number of benzene rings is 1. The Morgan fingerprint density at radius 2 is 2.39 bits per heavy atom. The summed E-state index contributed by atoms with van der Waals surface area (Å²) in [6.45, 7) is 1.53. The Morgan fingerprint density at radius 1 is 1.56 bits per heavy atom. The molecule has 1 aliphatic rings. The fourth-order valence-electron chi connectivity index (χ4n) is 1.56. The number of nitrogens with one attached hydrogen (secondary N) is 1. The lowest BCUT2D eigenvalue weighted by Gasteiger charge is -2.04. The summed E-state index contributed by atoms with van der Waals surface area (Å²) in [5.41, 5.74) is 9.94. The lowest BCUT2D eigenvalue weighted by atomic mass is 10.1. The first-order valence-electron chi connectivity index (χ1n) is 5.99. The van der Waals surface area contributed by atoms with Crippen LogP contribution in [0.25, 0.3) is 0 Å². The maximum Gasteiger partial charge on any atom is 0.184 e. The molecule has 1 aliphatic carbocycles. The molecule has 5 heteroatoms. The summed E-state index contributed by atoms with van der Waals surface area (Å²) in [5, 5.41) is 4.08. The molecule has 0 saturated heterocycles. The Hall–Kier alpha value is -1.46. The molecular weight excluding hydrogens is 246 g/mol. The predicted molar refractivity (Wildman–Crippen MR) is 76.3 cm³/mol. The van der Waals surface area contributed by atoms with Gasteiger partial charge in [-0.25, -0.2) is 0 Å². The molecule has 0 radical (unpaired) electrons. The summed E-state index contributed by atoms with van der Waals surface area (Å²) in [4.78, 5) is 0. The molecule has 0 unspecified atom stereocenters. The van der Waals surface area contributed by atoms with E-state index in [0.717, 1.165) is 23.7 Å². The molecule has 0 atom stereocenters. The fraction of sp³-hybridized carbons (Fsp3) is 0.385. The standard InChI is InChI=1S/C13H17N3OS/c14-13(18)16-15-7-11-2-1-3-12(6-11)9-17-8-10-4-5-10/h1-3,6-7,10H,4-5,8-9H2,(H3,14,16,18). The number of hydrogen-bond donors (Lipinski definition) is 2. The van der Waals surface area contributed by atoms with Gasteiger partial charge in [0, 0.05) is 6.61 Å². The number of ether oxygens (including phenoxy) is 1. The smallest absolute Gasteiger partial charge is 0.184 e. The highest BCUT2D eigenvalue weighted by molar-refractivity contribution is 7.80. The van der Waals surface area contributed by atoms with E-state index in [-0.39, 0.29) is 5.11 Å². The van der Waals surface area contributed by atoms with E-state index in [2.05, 4.69) is 22.7 Å². The molecule has 0 spiro atoms. The zero-order valence-electron chi connectivity index (χ0n) is 10.1. The van der Waals surface area contributed by atoms with Crippen molar-refractivity contribution in [2.24, 2.45) is 16.8 Å². The molecular formula is C13H17N3OS. The van der Waals surface area contributed by atoms with Crippen LogP contribution in [0.2, 0.25) is 0 Å². The Balaban J connectivity index is 1.83. The molecule has 0 amide bonds. The van der Waals surface area contributed by atoms with Crippen molar-refractivity contribution in [2.75, 3.05) is 6.61 Å². The van der Waals surface area contributed by atoms with Gasteiger partial charge in [-0.1, -0.05) is 18.2 Å². The van der Waals surface area contributed by atoms with Crippen LogP contribution in [-0.2, 0) is 11.3 Å². The third kappa shape index (κ3) is 4.81. The van der Waals surface area contributed by atoms with Gasteiger partial charge in [-0.3, -0.25) is 5.43 Å². The van der Waals surface area contributed by atoms with E-state index in [1.165, 1.54) is 12.8 Å². The van der Waals surface area contributed by atoms with Gasteiger partial charge in [0.15, 0.2) is 5.11 Å². The largest absolute Gasteiger partial charge is 0.376 e. The van der Waals surface area contributed by atoms with Crippen molar-refractivity contribution in [1.82, 2.24) is 5.43 Å². The lowest BCUT2D eigenvalue weighted by molar-refractivity contribution is 0.111. The molecule has 0 aromatic heterocycles. The third-order valence-corrected chi connectivity index (χ3v) is 2.75. The van der Waals surface area contributed by atoms with Crippen LogP contribution in [0, 0.1) is 5.92 Å². The van der Waals surface area contributed by atoms with Gasteiger partial charge in [-0.15, -0.1) is 0 Å². The first-order valence-corrected chi connectivity index (χ1v) is 6.40. The SMILES string of the molecule is NC(=S)NN=Cc1cccc(COCC2CC2)c1. The van der Waals surface area contributed by atoms with E-state index in [1.807, 2.05) is 24.3 Å². The lowest BCUT2D eigenvalue weighted by Crippen LogP contribution is -2.23. The summed E-state index contributed by atoms with van der Waals surface area (Å²) in [6, 6.07) is 8.04. The quantitative estimate of drug-likeness (QED) is 0.466. The van der Waals surface area contributed by atoms with Gasteiger partial charge in [0.2, 0.25) is 0 Å². The van der Waals surface area contributed by atoms with Crippen LogP contribution in [0.15, 0.2) is 29.4 Å². The van der Waals surface area contributed by atoms with Gasteiger partial charge in [-0.05, 0) is 48.2 Å². The third-order valence-electron chi connectivity index (χ3n) is 2.66. The van der Waals surface area contributed by atoms with Crippen LogP contribution in [0.4, 0.5) is 0 Å². The second-order valence-corrected chi connectivity index (χ2v) is 4.88. The van der Waals surface area contributed by atoms with Gasteiger partial charge in [-0.2, -0.15) is 5.10 Å². The molecule has 18 heavy (non-hydrogen) atoms. The topological polar surface area (TPSA) is 59.6 Å². The molecule has 1 aromatic rings. The maximum atomic E-state index is 5.64. The molecule has 4 nitrogen and oxygen atoms in total. The van der Waals surface area contributed by atoms with Crippen LogP contribution in [0.5, 0.6) is 0 Å². The summed E-state index contributed by atoms with van der Waals surface area (Å²) in [5.74, 6) is 0.796. The number of rotatable bonds is 6. The zero-order valence-corrected chi connectivity index (χ0v) is 11.0. The minimum absolute atomic E-state index is 0.162. The van der Waals surface area contributed by atoms with E-state index >= 15 is 0 Å². The molecule has 1 saturated carbocycles. The van der Waals surface area contributed by atoms with Crippen LogP contribution < -0.4 is 11.2 Å². The Labute approximate surface area is 112 Å².